The number of hydrogen-bond donors (Lipinski definition) is 2. The van der Waals surface area contributed by atoms with E-state index in [-0.39, 0.29) is 12.5 Å². The van der Waals surface area contributed by atoms with Crippen LogP contribution < -0.4 is 10.6 Å². The molecule has 1 heterocycles. The Morgan fingerprint density at radius 2 is 1.93 bits per heavy atom. The Hall–Kier alpha value is -2.08. The number of nitrogens with zero attached hydrogens (tertiary/aromatic N) is 3. The molecule has 1 aliphatic heterocycles. The number of guanidine groups is 1. The third-order valence-corrected chi connectivity index (χ3v) is 4.87. The molecular weight excluding hydrogens is 338 g/mol. The van der Waals surface area contributed by atoms with Crippen LogP contribution in [-0.2, 0) is 11.3 Å². The third-order valence-electron chi connectivity index (χ3n) is 4.87. The van der Waals surface area contributed by atoms with E-state index >= 15 is 0 Å². The van der Waals surface area contributed by atoms with Crippen molar-refractivity contribution in [3.63, 3.8) is 0 Å². The minimum Gasteiger partial charge on any atom is -0.356 e. The summed E-state index contributed by atoms with van der Waals surface area (Å²) in [5.74, 6) is 0.782. The topological polar surface area (TPSA) is 60.0 Å². The van der Waals surface area contributed by atoms with Gasteiger partial charge in [-0.3, -0.25) is 9.69 Å². The zero-order chi connectivity index (χ0) is 19.5. The molecule has 1 aromatic rings. The van der Waals surface area contributed by atoms with Gasteiger partial charge in [0.2, 0.25) is 5.91 Å². The quantitative estimate of drug-likeness (QED) is 0.416. The smallest absolute Gasteiger partial charge is 0.243 e. The molecule has 2 rings (SSSR count). The maximum Gasteiger partial charge on any atom is 0.243 e. The van der Waals surface area contributed by atoms with Gasteiger partial charge < -0.3 is 15.5 Å². The first kappa shape index (κ1) is 21.2. The van der Waals surface area contributed by atoms with E-state index in [9.17, 15) is 4.79 Å². The molecule has 0 atom stereocenters. The van der Waals surface area contributed by atoms with E-state index in [2.05, 4.69) is 57.8 Å². The van der Waals surface area contributed by atoms with Crippen LogP contribution >= 0.6 is 0 Å². The zero-order valence-electron chi connectivity index (χ0n) is 17.1. The molecule has 0 bridgehead atoms. The first-order valence-electron chi connectivity index (χ1n) is 10.1. The standard InChI is InChI=1S/C21H35N5O/c1-4-5-13-22-21(23-16-20(27)25(2)3)24-19-11-14-26(15-12-19)17-18-9-7-6-8-10-18/h6-10,19H,4-5,11-17H2,1-3H3,(H2,22,23,24). The number of rotatable bonds is 8. The van der Waals surface area contributed by atoms with E-state index in [0.29, 0.717) is 6.04 Å². The Balaban J connectivity index is 1.82. The molecule has 1 aromatic carbocycles. The fourth-order valence-electron chi connectivity index (χ4n) is 3.09. The summed E-state index contributed by atoms with van der Waals surface area (Å²) in [7, 11) is 3.52. The number of nitrogens with one attached hydrogen (secondary N) is 2. The molecule has 0 saturated carbocycles. The molecule has 1 saturated heterocycles. The highest BCUT2D eigenvalue weighted by atomic mass is 16.2. The molecule has 150 valence electrons. The summed E-state index contributed by atoms with van der Waals surface area (Å²) in [6.45, 7) is 6.40. The summed E-state index contributed by atoms with van der Waals surface area (Å²) in [5, 5.41) is 6.90. The van der Waals surface area contributed by atoms with Gasteiger partial charge in [-0.25, -0.2) is 4.99 Å². The van der Waals surface area contributed by atoms with Crippen LogP contribution in [0.1, 0.15) is 38.2 Å². The normalized spacial score (nSPS) is 16.2. The number of piperidine rings is 1. The Bertz CT molecular complexity index is 579. The largest absolute Gasteiger partial charge is 0.356 e. The molecule has 0 radical (unpaired) electrons. The lowest BCUT2D eigenvalue weighted by molar-refractivity contribution is -0.127. The van der Waals surface area contributed by atoms with Gasteiger partial charge in [-0.1, -0.05) is 43.7 Å². The lowest BCUT2D eigenvalue weighted by Crippen LogP contribution is -2.49. The van der Waals surface area contributed by atoms with Crippen molar-refractivity contribution in [2.45, 2.75) is 45.2 Å². The van der Waals surface area contributed by atoms with Crippen molar-refractivity contribution < 1.29 is 4.79 Å². The number of benzene rings is 1. The molecule has 1 aliphatic rings. The monoisotopic (exact) mass is 373 g/mol. The molecule has 0 unspecified atom stereocenters. The predicted octanol–water partition coefficient (Wildman–Crippen LogP) is 2.07. The van der Waals surface area contributed by atoms with Gasteiger partial charge in [0.25, 0.3) is 0 Å². The van der Waals surface area contributed by atoms with E-state index in [4.69, 9.17) is 0 Å². The van der Waals surface area contributed by atoms with Gasteiger partial charge in [0.1, 0.15) is 6.54 Å². The molecule has 0 aliphatic carbocycles. The van der Waals surface area contributed by atoms with E-state index in [1.807, 2.05) is 0 Å². The fraction of sp³-hybridized carbons (Fsp3) is 0.619. The summed E-state index contributed by atoms with van der Waals surface area (Å²) in [5.41, 5.74) is 1.37. The van der Waals surface area contributed by atoms with E-state index in [1.165, 1.54) is 5.56 Å². The lowest BCUT2D eigenvalue weighted by atomic mass is 10.0. The maximum absolute atomic E-state index is 11.8. The number of likely N-dealkylation sites (tertiary alicyclic amines) is 1. The molecule has 27 heavy (non-hydrogen) atoms. The number of amides is 1. The van der Waals surface area contributed by atoms with E-state index < -0.39 is 0 Å². The van der Waals surface area contributed by atoms with E-state index in [0.717, 1.165) is 57.8 Å². The van der Waals surface area contributed by atoms with Crippen LogP contribution in [0.5, 0.6) is 0 Å². The highest BCUT2D eigenvalue weighted by Gasteiger charge is 2.20. The predicted molar refractivity (Wildman–Crippen MR) is 112 cm³/mol. The van der Waals surface area contributed by atoms with Gasteiger partial charge in [0, 0.05) is 46.3 Å². The van der Waals surface area contributed by atoms with Crippen molar-refractivity contribution in [2.75, 3.05) is 40.3 Å². The number of hydrogen-bond acceptors (Lipinski definition) is 3. The van der Waals surface area contributed by atoms with Gasteiger partial charge >= 0.3 is 0 Å². The van der Waals surface area contributed by atoms with Crippen molar-refractivity contribution in [3.8, 4) is 0 Å². The van der Waals surface area contributed by atoms with Crippen LogP contribution in [0.2, 0.25) is 0 Å². The maximum atomic E-state index is 11.8. The number of aliphatic imine (C=N–C) groups is 1. The summed E-state index contributed by atoms with van der Waals surface area (Å²) in [6, 6.07) is 11.0. The molecule has 6 nitrogen and oxygen atoms in total. The molecule has 0 aromatic heterocycles. The van der Waals surface area contributed by atoms with Crippen LogP contribution in [0.15, 0.2) is 35.3 Å². The lowest BCUT2D eigenvalue weighted by Gasteiger charge is -2.33. The first-order chi connectivity index (χ1) is 13.1. The number of carbonyl (C=O) groups excluding carboxylic acids is 1. The molecule has 0 spiro atoms. The zero-order valence-corrected chi connectivity index (χ0v) is 17.1. The Labute approximate surface area is 164 Å². The van der Waals surface area contributed by atoms with Crippen molar-refractivity contribution in [3.05, 3.63) is 35.9 Å². The van der Waals surface area contributed by atoms with Crippen LogP contribution in [-0.4, -0.2) is 68.0 Å². The summed E-state index contributed by atoms with van der Waals surface area (Å²) in [6.07, 6.45) is 4.40. The molecule has 6 heteroatoms. The molecule has 2 N–H and O–H groups in total. The second kappa shape index (κ2) is 11.6. The van der Waals surface area contributed by atoms with Crippen molar-refractivity contribution in [1.29, 1.82) is 0 Å². The van der Waals surface area contributed by atoms with Crippen LogP contribution in [0, 0.1) is 0 Å². The molecular formula is C21H35N5O. The highest BCUT2D eigenvalue weighted by molar-refractivity contribution is 5.84. The van der Waals surface area contributed by atoms with Gasteiger partial charge in [-0.05, 0) is 24.8 Å². The van der Waals surface area contributed by atoms with Crippen molar-refractivity contribution in [1.82, 2.24) is 20.4 Å². The van der Waals surface area contributed by atoms with Crippen molar-refractivity contribution >= 4 is 11.9 Å². The molecule has 1 amide bonds. The number of carbonyl (C=O) groups is 1. The minimum absolute atomic E-state index is 0.0178. The van der Waals surface area contributed by atoms with Crippen LogP contribution in [0.25, 0.3) is 0 Å². The SMILES string of the molecule is CCCCNC(=NCC(=O)N(C)C)NC1CCN(Cc2ccccc2)CC1. The van der Waals surface area contributed by atoms with Gasteiger partial charge in [-0.2, -0.15) is 0 Å². The number of unbranched alkanes of at least 4 members (excludes halogenated alkanes) is 1. The van der Waals surface area contributed by atoms with Crippen LogP contribution in [0.4, 0.5) is 0 Å². The summed E-state index contributed by atoms with van der Waals surface area (Å²) >= 11 is 0. The fourth-order valence-corrected chi connectivity index (χ4v) is 3.09. The Morgan fingerprint density at radius 3 is 2.56 bits per heavy atom. The first-order valence-corrected chi connectivity index (χ1v) is 10.1. The van der Waals surface area contributed by atoms with E-state index in [1.54, 1.807) is 19.0 Å². The summed E-state index contributed by atoms with van der Waals surface area (Å²) in [4.78, 5) is 20.4. The van der Waals surface area contributed by atoms with Gasteiger partial charge in [0.15, 0.2) is 5.96 Å². The Kier molecular flexibility index (Phi) is 9.11. The Morgan fingerprint density at radius 1 is 1.22 bits per heavy atom. The highest BCUT2D eigenvalue weighted by Crippen LogP contribution is 2.13. The summed E-state index contributed by atoms with van der Waals surface area (Å²) < 4.78 is 0. The second-order valence-corrected chi connectivity index (χ2v) is 7.41. The van der Waals surface area contributed by atoms with Crippen molar-refractivity contribution in [2.24, 2.45) is 4.99 Å². The second-order valence-electron chi connectivity index (χ2n) is 7.41. The average Bonchev–Trinajstić information content (AvgIpc) is 2.68. The van der Waals surface area contributed by atoms with Gasteiger partial charge in [-0.15, -0.1) is 0 Å². The number of likely N-dealkylation sites (N-methyl/N-ethyl adjacent to an activating group) is 1. The molecule has 1 fully saturated rings. The van der Waals surface area contributed by atoms with Gasteiger partial charge in [0.05, 0.1) is 0 Å². The van der Waals surface area contributed by atoms with Crippen LogP contribution in [0.3, 0.4) is 0 Å². The minimum atomic E-state index is 0.0178. The third kappa shape index (κ3) is 7.99. The average molecular weight is 374 g/mol.